The largest absolute Gasteiger partial charge is 0.455 e. The van der Waals surface area contributed by atoms with E-state index in [4.69, 9.17) is 4.42 Å². The molecule has 1 N–H and O–H groups in total. The summed E-state index contributed by atoms with van der Waals surface area (Å²) in [5.41, 5.74) is 1.98. The lowest BCUT2D eigenvalue weighted by Gasteiger charge is -2.38. The van der Waals surface area contributed by atoms with Crippen LogP contribution in [0.25, 0.3) is 22.3 Å². The number of carbonyl (C=O) groups is 1. The fraction of sp³-hybridized carbons (Fsp3) is 0.360. The Kier molecular flexibility index (Phi) is 6.20. The molecule has 1 aliphatic heterocycles. The Balaban J connectivity index is 1.69. The third-order valence-corrected chi connectivity index (χ3v) is 6.21. The summed E-state index contributed by atoms with van der Waals surface area (Å²) in [6, 6.07) is 14.8. The normalized spacial score (nSPS) is 15.9. The van der Waals surface area contributed by atoms with Crippen LogP contribution in [-0.4, -0.2) is 59.6 Å². The standard InChI is InChI=1S/C25H28N2O4/c1-3-19(16-28)26-12-14-27(15-13-26)25(30)21-11-7-10-20-22(29)17(2)23(31-24(20)21)18-8-5-4-6-9-18/h4-11,19,28H,3,12-16H2,1-2H3/t19-/m0/s1. The van der Waals surface area contributed by atoms with Crippen LogP contribution >= 0.6 is 0 Å². The molecule has 1 atom stereocenters. The van der Waals surface area contributed by atoms with E-state index < -0.39 is 0 Å². The highest BCUT2D eigenvalue weighted by Gasteiger charge is 2.27. The van der Waals surface area contributed by atoms with Crippen LogP contribution < -0.4 is 5.43 Å². The van der Waals surface area contributed by atoms with Crippen LogP contribution in [0.4, 0.5) is 0 Å². The van der Waals surface area contributed by atoms with Crippen molar-refractivity contribution in [2.24, 2.45) is 0 Å². The van der Waals surface area contributed by atoms with Gasteiger partial charge in [0.15, 0.2) is 11.0 Å². The van der Waals surface area contributed by atoms with Crippen molar-refractivity contribution in [3.63, 3.8) is 0 Å². The number of benzene rings is 2. The van der Waals surface area contributed by atoms with Crippen molar-refractivity contribution in [1.29, 1.82) is 0 Å². The van der Waals surface area contributed by atoms with Gasteiger partial charge < -0.3 is 14.4 Å². The summed E-state index contributed by atoms with van der Waals surface area (Å²) in [6.07, 6.45) is 0.876. The number of para-hydroxylation sites is 1. The molecule has 1 amide bonds. The molecule has 4 rings (SSSR count). The van der Waals surface area contributed by atoms with Gasteiger partial charge in [-0.25, -0.2) is 0 Å². The van der Waals surface area contributed by atoms with Gasteiger partial charge in [0.1, 0.15) is 5.76 Å². The number of fused-ring (bicyclic) bond motifs is 1. The van der Waals surface area contributed by atoms with E-state index in [0.29, 0.717) is 54.0 Å². The number of aliphatic hydroxyl groups excluding tert-OH is 1. The molecule has 1 saturated heterocycles. The number of aliphatic hydroxyl groups is 1. The number of hydrogen-bond acceptors (Lipinski definition) is 5. The number of hydrogen-bond donors (Lipinski definition) is 1. The second kappa shape index (κ2) is 9.04. The molecule has 0 radical (unpaired) electrons. The molecule has 0 bridgehead atoms. The first kappa shape index (κ1) is 21.3. The van der Waals surface area contributed by atoms with Crippen molar-refractivity contribution in [3.05, 3.63) is 69.9 Å². The summed E-state index contributed by atoms with van der Waals surface area (Å²) in [7, 11) is 0. The summed E-state index contributed by atoms with van der Waals surface area (Å²) in [4.78, 5) is 30.4. The topological polar surface area (TPSA) is 74.0 Å². The number of rotatable bonds is 5. The van der Waals surface area contributed by atoms with Gasteiger partial charge in [0.05, 0.1) is 17.6 Å². The maximum Gasteiger partial charge on any atom is 0.257 e. The molecule has 3 aromatic rings. The Labute approximate surface area is 181 Å². The van der Waals surface area contributed by atoms with E-state index in [1.807, 2.05) is 30.3 Å². The molecule has 6 heteroatoms. The van der Waals surface area contributed by atoms with Crippen molar-refractivity contribution in [2.45, 2.75) is 26.3 Å². The van der Waals surface area contributed by atoms with Gasteiger partial charge in [-0.3, -0.25) is 14.5 Å². The lowest BCUT2D eigenvalue weighted by Crippen LogP contribution is -2.52. The maximum atomic E-state index is 13.4. The molecular formula is C25H28N2O4. The Morgan fingerprint density at radius 3 is 2.42 bits per heavy atom. The van der Waals surface area contributed by atoms with Crippen LogP contribution in [0.15, 0.2) is 57.7 Å². The smallest absolute Gasteiger partial charge is 0.257 e. The van der Waals surface area contributed by atoms with E-state index in [-0.39, 0.29) is 24.0 Å². The van der Waals surface area contributed by atoms with Crippen molar-refractivity contribution >= 4 is 16.9 Å². The molecule has 1 fully saturated rings. The molecule has 6 nitrogen and oxygen atoms in total. The van der Waals surface area contributed by atoms with Gasteiger partial charge >= 0.3 is 0 Å². The van der Waals surface area contributed by atoms with Crippen LogP contribution in [0.5, 0.6) is 0 Å². The summed E-state index contributed by atoms with van der Waals surface area (Å²) in [6.45, 7) is 6.53. The molecule has 0 aliphatic carbocycles. The zero-order chi connectivity index (χ0) is 22.0. The minimum atomic E-state index is -0.131. The minimum absolute atomic E-state index is 0.117. The lowest BCUT2D eigenvalue weighted by molar-refractivity contribution is 0.0473. The quantitative estimate of drug-likeness (QED) is 0.686. The number of amides is 1. The predicted molar refractivity (Wildman–Crippen MR) is 121 cm³/mol. The molecular weight excluding hydrogens is 392 g/mol. The minimum Gasteiger partial charge on any atom is -0.455 e. The number of carbonyl (C=O) groups excluding carboxylic acids is 1. The Morgan fingerprint density at radius 2 is 1.77 bits per heavy atom. The summed E-state index contributed by atoms with van der Waals surface area (Å²) < 4.78 is 6.21. The van der Waals surface area contributed by atoms with E-state index in [9.17, 15) is 14.7 Å². The summed E-state index contributed by atoms with van der Waals surface area (Å²) >= 11 is 0. The first-order chi connectivity index (χ1) is 15.0. The monoisotopic (exact) mass is 420 g/mol. The van der Waals surface area contributed by atoms with Crippen LogP contribution in [0.3, 0.4) is 0 Å². The summed E-state index contributed by atoms with van der Waals surface area (Å²) in [5, 5.41) is 9.98. The van der Waals surface area contributed by atoms with E-state index in [1.54, 1.807) is 30.0 Å². The average Bonchev–Trinajstić information content (AvgIpc) is 2.82. The maximum absolute atomic E-state index is 13.4. The highest BCUT2D eigenvalue weighted by atomic mass is 16.3. The number of piperazine rings is 1. The molecule has 0 unspecified atom stereocenters. The molecule has 1 aliphatic rings. The van der Waals surface area contributed by atoms with Gasteiger partial charge in [-0.1, -0.05) is 43.3 Å². The van der Waals surface area contributed by atoms with Gasteiger partial charge in [0, 0.05) is 43.3 Å². The molecule has 1 aromatic heterocycles. The van der Waals surface area contributed by atoms with Crippen molar-refractivity contribution < 1.29 is 14.3 Å². The SMILES string of the molecule is CC[C@@H](CO)N1CCN(C(=O)c2cccc3c(=O)c(C)c(-c4ccccc4)oc23)CC1. The fourth-order valence-electron chi connectivity index (χ4n) is 4.31. The highest BCUT2D eigenvalue weighted by molar-refractivity contribution is 6.05. The molecule has 2 heterocycles. The third kappa shape index (κ3) is 4.01. The van der Waals surface area contributed by atoms with Crippen molar-refractivity contribution in [1.82, 2.24) is 9.80 Å². The number of nitrogens with zero attached hydrogens (tertiary/aromatic N) is 2. The molecule has 2 aromatic carbocycles. The fourth-order valence-corrected chi connectivity index (χ4v) is 4.31. The predicted octanol–water partition coefficient (Wildman–Crippen LogP) is 3.30. The van der Waals surface area contributed by atoms with Gasteiger partial charge in [0.25, 0.3) is 5.91 Å². The van der Waals surface area contributed by atoms with E-state index in [1.165, 1.54) is 0 Å². The third-order valence-electron chi connectivity index (χ3n) is 6.21. The Hall–Kier alpha value is -2.96. The summed E-state index contributed by atoms with van der Waals surface area (Å²) in [5.74, 6) is 0.366. The van der Waals surface area contributed by atoms with Crippen LogP contribution in [0, 0.1) is 6.92 Å². The second-order valence-corrected chi connectivity index (χ2v) is 8.01. The van der Waals surface area contributed by atoms with Gasteiger partial charge in [-0.2, -0.15) is 0 Å². The average molecular weight is 421 g/mol. The van der Waals surface area contributed by atoms with E-state index in [2.05, 4.69) is 11.8 Å². The van der Waals surface area contributed by atoms with Crippen LogP contribution in [0.1, 0.15) is 29.3 Å². The molecule has 31 heavy (non-hydrogen) atoms. The van der Waals surface area contributed by atoms with Gasteiger partial charge in [-0.05, 0) is 25.5 Å². The van der Waals surface area contributed by atoms with Crippen molar-refractivity contribution in [2.75, 3.05) is 32.8 Å². The Morgan fingerprint density at radius 1 is 1.06 bits per heavy atom. The molecule has 0 spiro atoms. The first-order valence-corrected chi connectivity index (χ1v) is 10.8. The van der Waals surface area contributed by atoms with Crippen LogP contribution in [-0.2, 0) is 0 Å². The molecule has 0 saturated carbocycles. The zero-order valence-corrected chi connectivity index (χ0v) is 18.0. The van der Waals surface area contributed by atoms with E-state index >= 15 is 0 Å². The van der Waals surface area contributed by atoms with E-state index in [0.717, 1.165) is 12.0 Å². The second-order valence-electron chi connectivity index (χ2n) is 8.01. The van der Waals surface area contributed by atoms with Crippen LogP contribution in [0.2, 0.25) is 0 Å². The zero-order valence-electron chi connectivity index (χ0n) is 18.0. The lowest BCUT2D eigenvalue weighted by atomic mass is 10.0. The van der Waals surface area contributed by atoms with Gasteiger partial charge in [0.2, 0.25) is 0 Å². The van der Waals surface area contributed by atoms with Gasteiger partial charge in [-0.15, -0.1) is 0 Å². The highest BCUT2D eigenvalue weighted by Crippen LogP contribution is 2.28. The Bertz CT molecular complexity index is 1130. The van der Waals surface area contributed by atoms with Crippen molar-refractivity contribution in [3.8, 4) is 11.3 Å². The molecule has 162 valence electrons. The first-order valence-electron chi connectivity index (χ1n) is 10.8.